The molecular formula is C11H19N3O2. The first kappa shape index (κ1) is 12.7. The van der Waals surface area contributed by atoms with Gasteiger partial charge in [0.15, 0.2) is 5.76 Å². The van der Waals surface area contributed by atoms with Crippen molar-refractivity contribution in [3.05, 3.63) is 17.5 Å². The molecule has 90 valence electrons. The van der Waals surface area contributed by atoms with Crippen LogP contribution in [-0.4, -0.2) is 23.7 Å². The van der Waals surface area contributed by atoms with Crippen molar-refractivity contribution in [1.29, 1.82) is 0 Å². The Kier molecular flexibility index (Phi) is 4.98. The second kappa shape index (κ2) is 6.27. The molecule has 0 saturated carbocycles. The van der Waals surface area contributed by atoms with Crippen LogP contribution in [0.1, 0.15) is 31.7 Å². The third-order valence-electron chi connectivity index (χ3n) is 2.04. The van der Waals surface area contributed by atoms with Crippen molar-refractivity contribution >= 4 is 5.91 Å². The maximum Gasteiger partial charge on any atom is 0.221 e. The van der Waals surface area contributed by atoms with E-state index in [0.717, 1.165) is 5.69 Å². The van der Waals surface area contributed by atoms with Gasteiger partial charge in [0.1, 0.15) is 0 Å². The summed E-state index contributed by atoms with van der Waals surface area (Å²) in [4.78, 5) is 11.4. The number of aromatic nitrogens is 1. The lowest BCUT2D eigenvalue weighted by Crippen LogP contribution is -2.30. The fourth-order valence-electron chi connectivity index (χ4n) is 1.25. The molecule has 0 bridgehead atoms. The van der Waals surface area contributed by atoms with E-state index in [1.54, 1.807) is 0 Å². The Morgan fingerprint density at radius 3 is 2.88 bits per heavy atom. The summed E-state index contributed by atoms with van der Waals surface area (Å²) in [7, 11) is 0. The van der Waals surface area contributed by atoms with Crippen molar-refractivity contribution in [3.63, 3.8) is 0 Å². The van der Waals surface area contributed by atoms with Gasteiger partial charge in [-0.05, 0) is 6.92 Å². The average Bonchev–Trinajstić information content (AvgIpc) is 2.61. The van der Waals surface area contributed by atoms with E-state index in [1.165, 1.54) is 0 Å². The largest absolute Gasteiger partial charge is 0.359 e. The predicted octanol–water partition coefficient (Wildman–Crippen LogP) is 0.987. The van der Waals surface area contributed by atoms with E-state index >= 15 is 0 Å². The summed E-state index contributed by atoms with van der Waals surface area (Å²) in [6, 6.07) is 2.22. The molecule has 1 rings (SSSR count). The van der Waals surface area contributed by atoms with Gasteiger partial charge in [0.25, 0.3) is 0 Å². The van der Waals surface area contributed by atoms with Crippen LogP contribution in [0, 0.1) is 6.92 Å². The van der Waals surface area contributed by atoms with Crippen LogP contribution in [0.3, 0.4) is 0 Å². The van der Waals surface area contributed by atoms with Crippen molar-refractivity contribution in [2.24, 2.45) is 0 Å². The smallest absolute Gasteiger partial charge is 0.221 e. The van der Waals surface area contributed by atoms with Gasteiger partial charge >= 0.3 is 0 Å². The topological polar surface area (TPSA) is 67.2 Å². The first-order valence-electron chi connectivity index (χ1n) is 5.50. The number of hydrogen-bond donors (Lipinski definition) is 2. The van der Waals surface area contributed by atoms with Crippen molar-refractivity contribution in [2.45, 2.75) is 39.8 Å². The minimum absolute atomic E-state index is 0.0159. The predicted molar refractivity (Wildman–Crippen MR) is 60.8 cm³/mol. The quantitative estimate of drug-likeness (QED) is 0.757. The molecule has 1 amide bonds. The van der Waals surface area contributed by atoms with Gasteiger partial charge in [-0.15, -0.1) is 0 Å². The minimum Gasteiger partial charge on any atom is -0.359 e. The number of hydrogen-bond acceptors (Lipinski definition) is 4. The molecule has 1 aromatic rings. The Labute approximate surface area is 95.6 Å². The second-order valence-corrected chi connectivity index (χ2v) is 4.07. The zero-order valence-electron chi connectivity index (χ0n) is 10.0. The SMILES string of the molecule is Cc1cc(CNC(=O)CCNC(C)C)on1. The summed E-state index contributed by atoms with van der Waals surface area (Å²) in [6.07, 6.45) is 0.477. The zero-order chi connectivity index (χ0) is 12.0. The lowest BCUT2D eigenvalue weighted by Gasteiger charge is -2.07. The van der Waals surface area contributed by atoms with Crippen LogP contribution in [0.25, 0.3) is 0 Å². The van der Waals surface area contributed by atoms with Crippen molar-refractivity contribution in [3.8, 4) is 0 Å². The van der Waals surface area contributed by atoms with Crippen LogP contribution in [0.4, 0.5) is 0 Å². The van der Waals surface area contributed by atoms with E-state index in [-0.39, 0.29) is 5.91 Å². The number of nitrogens with zero attached hydrogens (tertiary/aromatic N) is 1. The summed E-state index contributed by atoms with van der Waals surface area (Å²) in [5.74, 6) is 0.699. The molecule has 0 saturated heterocycles. The highest BCUT2D eigenvalue weighted by molar-refractivity contribution is 5.75. The molecule has 16 heavy (non-hydrogen) atoms. The Morgan fingerprint density at radius 2 is 2.31 bits per heavy atom. The highest BCUT2D eigenvalue weighted by atomic mass is 16.5. The molecule has 0 aromatic carbocycles. The number of carbonyl (C=O) groups is 1. The molecule has 5 heteroatoms. The van der Waals surface area contributed by atoms with Crippen LogP contribution in [0.15, 0.2) is 10.6 Å². The third kappa shape index (κ3) is 4.93. The van der Waals surface area contributed by atoms with E-state index in [2.05, 4.69) is 29.6 Å². The van der Waals surface area contributed by atoms with Gasteiger partial charge in [0.05, 0.1) is 12.2 Å². The van der Waals surface area contributed by atoms with Gasteiger partial charge in [-0.25, -0.2) is 0 Å². The average molecular weight is 225 g/mol. The Morgan fingerprint density at radius 1 is 1.56 bits per heavy atom. The first-order valence-corrected chi connectivity index (χ1v) is 5.50. The molecule has 0 spiro atoms. The van der Waals surface area contributed by atoms with Gasteiger partial charge in [0.2, 0.25) is 5.91 Å². The van der Waals surface area contributed by atoms with E-state index in [0.29, 0.717) is 31.3 Å². The molecule has 0 radical (unpaired) electrons. The van der Waals surface area contributed by atoms with Crippen LogP contribution < -0.4 is 10.6 Å². The number of rotatable bonds is 6. The molecule has 0 aliphatic carbocycles. The summed E-state index contributed by atoms with van der Waals surface area (Å²) in [6.45, 7) is 7.05. The second-order valence-electron chi connectivity index (χ2n) is 4.07. The Hall–Kier alpha value is -1.36. The van der Waals surface area contributed by atoms with Crippen molar-refractivity contribution in [2.75, 3.05) is 6.54 Å². The normalized spacial score (nSPS) is 10.8. The highest BCUT2D eigenvalue weighted by Crippen LogP contribution is 2.00. The van der Waals surface area contributed by atoms with Crippen LogP contribution in [0.2, 0.25) is 0 Å². The van der Waals surface area contributed by atoms with Gasteiger partial charge < -0.3 is 15.2 Å². The maximum atomic E-state index is 11.4. The molecule has 0 aliphatic rings. The molecule has 0 fully saturated rings. The van der Waals surface area contributed by atoms with Gasteiger partial charge in [0, 0.05) is 25.1 Å². The molecule has 5 nitrogen and oxygen atoms in total. The van der Waals surface area contributed by atoms with E-state index in [9.17, 15) is 4.79 Å². The zero-order valence-corrected chi connectivity index (χ0v) is 10.0. The van der Waals surface area contributed by atoms with E-state index in [1.807, 2.05) is 13.0 Å². The summed E-state index contributed by atoms with van der Waals surface area (Å²) >= 11 is 0. The van der Waals surface area contributed by atoms with E-state index < -0.39 is 0 Å². The minimum atomic E-state index is 0.0159. The fourth-order valence-corrected chi connectivity index (χ4v) is 1.25. The van der Waals surface area contributed by atoms with Crippen molar-refractivity contribution < 1.29 is 9.32 Å². The molecule has 1 aromatic heterocycles. The molecule has 1 heterocycles. The molecule has 0 atom stereocenters. The highest BCUT2D eigenvalue weighted by Gasteiger charge is 2.04. The lowest BCUT2D eigenvalue weighted by atomic mass is 10.3. The van der Waals surface area contributed by atoms with E-state index in [4.69, 9.17) is 4.52 Å². The molecular weight excluding hydrogens is 206 g/mol. The van der Waals surface area contributed by atoms with Crippen molar-refractivity contribution in [1.82, 2.24) is 15.8 Å². The standard InChI is InChI=1S/C11H19N3O2/c1-8(2)12-5-4-11(15)13-7-10-6-9(3)14-16-10/h6,8,12H,4-5,7H2,1-3H3,(H,13,15). The van der Waals surface area contributed by atoms with Crippen LogP contribution in [0.5, 0.6) is 0 Å². The Balaban J connectivity index is 2.15. The number of nitrogens with one attached hydrogen (secondary N) is 2. The third-order valence-corrected chi connectivity index (χ3v) is 2.04. The Bertz CT molecular complexity index is 334. The lowest BCUT2D eigenvalue weighted by molar-refractivity contribution is -0.121. The summed E-state index contributed by atoms with van der Waals surface area (Å²) in [5, 5.41) is 9.70. The molecule has 0 unspecified atom stereocenters. The number of aryl methyl sites for hydroxylation is 1. The number of amides is 1. The summed E-state index contributed by atoms with van der Waals surface area (Å²) in [5.41, 5.74) is 0.825. The number of carbonyl (C=O) groups excluding carboxylic acids is 1. The van der Waals surface area contributed by atoms with Gasteiger partial charge in [-0.3, -0.25) is 4.79 Å². The van der Waals surface area contributed by atoms with Crippen LogP contribution in [-0.2, 0) is 11.3 Å². The monoisotopic (exact) mass is 225 g/mol. The fraction of sp³-hybridized carbons (Fsp3) is 0.636. The van der Waals surface area contributed by atoms with Gasteiger partial charge in [-0.1, -0.05) is 19.0 Å². The molecule has 0 aliphatic heterocycles. The van der Waals surface area contributed by atoms with Gasteiger partial charge in [-0.2, -0.15) is 0 Å². The van der Waals surface area contributed by atoms with Crippen LogP contribution >= 0.6 is 0 Å². The molecule has 2 N–H and O–H groups in total. The maximum absolute atomic E-state index is 11.4. The first-order chi connectivity index (χ1) is 7.58. The summed E-state index contributed by atoms with van der Waals surface area (Å²) < 4.78 is 4.98.